The Bertz CT molecular complexity index is 449. The second-order valence-electron chi connectivity index (χ2n) is 2.57. The summed E-state index contributed by atoms with van der Waals surface area (Å²) in [5.74, 6) is -2.66. The maximum Gasteiger partial charge on any atom is 0.471 e. The number of aromatic nitrogens is 1. The Morgan fingerprint density at radius 3 is 2.75 bits per heavy atom. The number of nitrogens with one attached hydrogen (secondary N) is 1. The highest BCUT2D eigenvalue weighted by atomic mass is 32.2. The molecule has 1 aromatic heterocycles. The number of nitrogens with zero attached hydrogens (tertiary/aromatic N) is 2. The first-order valence-electron chi connectivity index (χ1n) is 3.76. The van der Waals surface area contributed by atoms with Gasteiger partial charge in [0.05, 0.1) is 5.69 Å². The molecule has 0 spiro atoms. The van der Waals surface area contributed by atoms with E-state index in [1.165, 1.54) is 12.2 Å². The van der Waals surface area contributed by atoms with Gasteiger partial charge in [-0.05, 0) is 18.7 Å². The number of aryl methyl sites for hydroxylation is 1. The third-order valence-corrected chi connectivity index (χ3v) is 2.22. The van der Waals surface area contributed by atoms with E-state index in [-0.39, 0.29) is 10.6 Å². The van der Waals surface area contributed by atoms with Crippen molar-refractivity contribution >= 4 is 23.6 Å². The van der Waals surface area contributed by atoms with Crippen molar-refractivity contribution in [3.8, 4) is 5.40 Å². The van der Waals surface area contributed by atoms with E-state index < -0.39 is 18.0 Å². The summed E-state index contributed by atoms with van der Waals surface area (Å²) in [6.07, 6.45) is -5.02. The molecule has 1 heterocycles. The van der Waals surface area contributed by atoms with Crippen molar-refractivity contribution in [2.45, 2.75) is 18.0 Å². The minimum absolute atomic E-state index is 0.0556. The van der Waals surface area contributed by atoms with Crippen LogP contribution in [0.3, 0.4) is 0 Å². The highest BCUT2D eigenvalue weighted by Gasteiger charge is 2.40. The van der Waals surface area contributed by atoms with E-state index in [4.69, 9.17) is 5.26 Å². The lowest BCUT2D eigenvalue weighted by molar-refractivity contribution is -0.167. The van der Waals surface area contributed by atoms with Gasteiger partial charge in [-0.1, -0.05) is 5.16 Å². The number of amides is 1. The summed E-state index contributed by atoms with van der Waals surface area (Å²) >= 11 is 0.555. The maximum absolute atomic E-state index is 11.9. The van der Waals surface area contributed by atoms with Gasteiger partial charge in [0.1, 0.15) is 10.3 Å². The molecule has 0 atom stereocenters. The summed E-state index contributed by atoms with van der Waals surface area (Å²) in [4.78, 5) is 10.6. The molecular weight excluding hydrogens is 247 g/mol. The first-order valence-corrected chi connectivity index (χ1v) is 4.58. The van der Waals surface area contributed by atoms with Crippen molar-refractivity contribution in [1.29, 1.82) is 5.26 Å². The van der Waals surface area contributed by atoms with Crippen LogP contribution in [0, 0.1) is 17.6 Å². The van der Waals surface area contributed by atoms with Crippen LogP contribution in [0.4, 0.5) is 19.1 Å². The monoisotopic (exact) mass is 251 g/mol. The van der Waals surface area contributed by atoms with Crippen LogP contribution in [0.15, 0.2) is 9.42 Å². The zero-order valence-corrected chi connectivity index (χ0v) is 8.57. The Labute approximate surface area is 91.6 Å². The SMILES string of the molecule is Cc1noc(NC(=O)C(F)(F)F)c1SC#N. The quantitative estimate of drug-likeness (QED) is 0.642. The van der Waals surface area contributed by atoms with Gasteiger partial charge in [0, 0.05) is 0 Å². The number of thioether (sulfide) groups is 1. The van der Waals surface area contributed by atoms with Gasteiger partial charge in [-0.3, -0.25) is 10.1 Å². The number of hydrogen-bond donors (Lipinski definition) is 1. The number of rotatable bonds is 2. The van der Waals surface area contributed by atoms with E-state index in [9.17, 15) is 18.0 Å². The van der Waals surface area contributed by atoms with Gasteiger partial charge in [-0.15, -0.1) is 0 Å². The van der Waals surface area contributed by atoms with Crippen molar-refractivity contribution < 1.29 is 22.5 Å². The van der Waals surface area contributed by atoms with Gasteiger partial charge < -0.3 is 4.52 Å². The molecule has 0 saturated carbocycles. The molecule has 9 heteroatoms. The first-order chi connectivity index (χ1) is 7.36. The van der Waals surface area contributed by atoms with Crippen LogP contribution in [-0.2, 0) is 4.79 Å². The molecule has 86 valence electrons. The normalized spacial score (nSPS) is 10.9. The largest absolute Gasteiger partial charge is 0.471 e. The predicted octanol–water partition coefficient (Wildman–Crippen LogP) is 2.06. The van der Waals surface area contributed by atoms with Gasteiger partial charge in [-0.2, -0.15) is 18.4 Å². The second-order valence-corrected chi connectivity index (χ2v) is 3.37. The van der Waals surface area contributed by atoms with Gasteiger partial charge in [-0.25, -0.2) is 0 Å². The maximum atomic E-state index is 11.9. The topological polar surface area (TPSA) is 78.9 Å². The number of nitriles is 1. The minimum Gasteiger partial charge on any atom is -0.337 e. The van der Waals surface area contributed by atoms with Gasteiger partial charge >= 0.3 is 12.1 Å². The zero-order valence-electron chi connectivity index (χ0n) is 7.75. The van der Waals surface area contributed by atoms with Crippen molar-refractivity contribution in [3.05, 3.63) is 5.69 Å². The van der Waals surface area contributed by atoms with E-state index in [1.807, 2.05) is 0 Å². The molecule has 0 fully saturated rings. The fraction of sp³-hybridized carbons (Fsp3) is 0.286. The van der Waals surface area contributed by atoms with E-state index in [1.54, 1.807) is 5.40 Å². The predicted molar refractivity (Wildman–Crippen MR) is 47.4 cm³/mol. The molecule has 16 heavy (non-hydrogen) atoms. The van der Waals surface area contributed by atoms with Crippen molar-refractivity contribution in [1.82, 2.24) is 5.16 Å². The average molecular weight is 251 g/mol. The number of thiocyanates is 1. The molecule has 0 aliphatic heterocycles. The van der Waals surface area contributed by atoms with Crippen LogP contribution >= 0.6 is 11.8 Å². The number of carbonyl (C=O) groups excluding carboxylic acids is 1. The summed E-state index contributed by atoms with van der Waals surface area (Å²) in [5, 5.41) is 14.9. The summed E-state index contributed by atoms with van der Waals surface area (Å²) in [7, 11) is 0. The molecule has 0 unspecified atom stereocenters. The van der Waals surface area contributed by atoms with Gasteiger partial charge in [0.15, 0.2) is 0 Å². The fourth-order valence-electron chi connectivity index (χ4n) is 0.781. The molecule has 5 nitrogen and oxygen atoms in total. The third-order valence-electron chi connectivity index (χ3n) is 1.44. The number of carbonyl (C=O) groups is 1. The molecule has 0 bridgehead atoms. The lowest BCUT2D eigenvalue weighted by Crippen LogP contribution is -2.29. The van der Waals surface area contributed by atoms with E-state index >= 15 is 0 Å². The van der Waals surface area contributed by atoms with Crippen LogP contribution < -0.4 is 5.32 Å². The second kappa shape index (κ2) is 4.44. The van der Waals surface area contributed by atoms with E-state index in [2.05, 4.69) is 9.68 Å². The van der Waals surface area contributed by atoms with Crippen LogP contribution in [0.25, 0.3) is 0 Å². The Balaban J connectivity index is 2.91. The first kappa shape index (κ1) is 12.4. The highest BCUT2D eigenvalue weighted by molar-refractivity contribution is 8.03. The molecule has 0 aliphatic rings. The fourth-order valence-corrected chi connectivity index (χ4v) is 1.24. The van der Waals surface area contributed by atoms with Crippen LogP contribution in [0.2, 0.25) is 0 Å². The Morgan fingerprint density at radius 1 is 1.62 bits per heavy atom. The number of halogens is 3. The highest BCUT2D eigenvalue weighted by Crippen LogP contribution is 2.30. The summed E-state index contributed by atoms with van der Waals surface area (Å²) in [5.41, 5.74) is 0.226. The van der Waals surface area contributed by atoms with Crippen molar-refractivity contribution in [3.63, 3.8) is 0 Å². The standard InChI is InChI=1S/C7H4F3N3O2S/c1-3-4(16-2-11)5(15-13-3)12-6(14)7(8,9)10/h1H3,(H,12,14). The number of alkyl halides is 3. The minimum atomic E-state index is -5.02. The summed E-state index contributed by atoms with van der Waals surface area (Å²) in [6, 6.07) is 0. The van der Waals surface area contributed by atoms with E-state index in [0.717, 1.165) is 0 Å². The molecular formula is C7H4F3N3O2S. The lowest BCUT2D eigenvalue weighted by atomic mass is 10.4. The number of hydrogen-bond acceptors (Lipinski definition) is 5. The number of anilines is 1. The molecule has 0 aromatic carbocycles. The zero-order chi connectivity index (χ0) is 12.3. The van der Waals surface area contributed by atoms with E-state index in [0.29, 0.717) is 11.8 Å². The van der Waals surface area contributed by atoms with Crippen molar-refractivity contribution in [2.24, 2.45) is 0 Å². The molecule has 1 amide bonds. The molecule has 1 rings (SSSR count). The Kier molecular flexibility index (Phi) is 3.44. The smallest absolute Gasteiger partial charge is 0.337 e. The van der Waals surface area contributed by atoms with Crippen molar-refractivity contribution in [2.75, 3.05) is 5.32 Å². The van der Waals surface area contributed by atoms with Gasteiger partial charge in [0.2, 0.25) is 5.88 Å². The summed E-state index contributed by atoms with van der Waals surface area (Å²) in [6.45, 7) is 1.44. The molecule has 0 radical (unpaired) electrons. The van der Waals surface area contributed by atoms with Gasteiger partial charge in [0.25, 0.3) is 0 Å². The Morgan fingerprint density at radius 2 is 2.25 bits per heavy atom. The molecule has 1 aromatic rings. The molecule has 0 saturated heterocycles. The lowest BCUT2D eigenvalue weighted by Gasteiger charge is -2.04. The molecule has 1 N–H and O–H groups in total. The average Bonchev–Trinajstić information content (AvgIpc) is 2.49. The third kappa shape index (κ3) is 2.66. The van der Waals surface area contributed by atoms with Crippen LogP contribution in [-0.4, -0.2) is 17.2 Å². The van der Waals surface area contributed by atoms with Crippen LogP contribution in [0.1, 0.15) is 5.69 Å². The summed E-state index contributed by atoms with van der Waals surface area (Å²) < 4.78 is 40.2. The van der Waals surface area contributed by atoms with Crippen LogP contribution in [0.5, 0.6) is 0 Å². The Hall–Kier alpha value is -1.69. The molecule has 0 aliphatic carbocycles.